The van der Waals surface area contributed by atoms with E-state index in [0.717, 1.165) is 29.5 Å². The summed E-state index contributed by atoms with van der Waals surface area (Å²) in [6.07, 6.45) is 2.04. The van der Waals surface area contributed by atoms with Gasteiger partial charge in [-0.1, -0.05) is 30.3 Å². The van der Waals surface area contributed by atoms with Crippen LogP contribution in [-0.2, 0) is 12.8 Å². The molecule has 2 aromatic carbocycles. The molecule has 1 N–H and O–H groups in total. The minimum Gasteiger partial charge on any atom is -0.313 e. The smallest absolute Gasteiger partial charge is 0.128 e. The molecule has 0 spiro atoms. The summed E-state index contributed by atoms with van der Waals surface area (Å²) in [5.74, 6) is 0.339. The topological polar surface area (TPSA) is 12.0 Å². The fraction of sp³-hybridized carbons (Fsp3) is 0.368. The van der Waals surface area contributed by atoms with Gasteiger partial charge in [-0.3, -0.25) is 0 Å². The average Bonchev–Trinajstić information content (AvgIpc) is 2.85. The maximum atomic E-state index is 14.5. The van der Waals surface area contributed by atoms with Crippen LogP contribution < -0.4 is 5.32 Å². The van der Waals surface area contributed by atoms with Crippen LogP contribution in [0, 0.1) is 25.6 Å². The molecule has 0 aliphatic heterocycles. The fourth-order valence-corrected chi connectivity index (χ4v) is 3.77. The van der Waals surface area contributed by atoms with Crippen LogP contribution >= 0.6 is 0 Å². The van der Waals surface area contributed by atoms with Crippen LogP contribution in [0.1, 0.15) is 33.9 Å². The second-order valence-corrected chi connectivity index (χ2v) is 6.18. The van der Waals surface area contributed by atoms with E-state index in [4.69, 9.17) is 0 Å². The molecule has 1 atom stereocenters. The second kappa shape index (κ2) is 5.61. The lowest BCUT2D eigenvalue weighted by atomic mass is 9.87. The molecule has 2 heteroatoms. The zero-order valence-corrected chi connectivity index (χ0v) is 12.9. The maximum absolute atomic E-state index is 14.5. The first kappa shape index (κ1) is 14.3. The standard InChI is InChI=1S/C19H22FN/c1-12-8-13(2)18(17(20)9-12)19(21-3)16-10-14-6-4-5-7-15(14)11-16/h4-9,16,19,21H,10-11H2,1-3H3. The third kappa shape index (κ3) is 2.60. The quantitative estimate of drug-likeness (QED) is 0.893. The summed E-state index contributed by atoms with van der Waals surface area (Å²) in [6, 6.07) is 12.4. The molecule has 110 valence electrons. The van der Waals surface area contributed by atoms with Crippen molar-refractivity contribution in [3.63, 3.8) is 0 Å². The van der Waals surface area contributed by atoms with Crippen LogP contribution in [0.5, 0.6) is 0 Å². The monoisotopic (exact) mass is 283 g/mol. The largest absolute Gasteiger partial charge is 0.313 e. The highest BCUT2D eigenvalue weighted by atomic mass is 19.1. The van der Waals surface area contributed by atoms with Gasteiger partial charge in [0.05, 0.1) is 0 Å². The summed E-state index contributed by atoms with van der Waals surface area (Å²) in [5, 5.41) is 3.36. The fourth-order valence-electron chi connectivity index (χ4n) is 3.77. The van der Waals surface area contributed by atoms with Gasteiger partial charge in [-0.15, -0.1) is 0 Å². The van der Waals surface area contributed by atoms with E-state index in [1.165, 1.54) is 11.1 Å². The summed E-state index contributed by atoms with van der Waals surface area (Å²) in [5.41, 5.74) is 5.68. The molecular weight excluding hydrogens is 261 g/mol. The van der Waals surface area contributed by atoms with E-state index in [1.54, 1.807) is 6.07 Å². The molecule has 21 heavy (non-hydrogen) atoms. The Morgan fingerprint density at radius 3 is 2.24 bits per heavy atom. The van der Waals surface area contributed by atoms with E-state index in [0.29, 0.717) is 5.92 Å². The molecule has 0 heterocycles. The van der Waals surface area contributed by atoms with E-state index >= 15 is 0 Å². The Labute approximate surface area is 126 Å². The normalized spacial score (nSPS) is 16.0. The summed E-state index contributed by atoms with van der Waals surface area (Å²) < 4.78 is 14.5. The van der Waals surface area contributed by atoms with Crippen LogP contribution in [0.4, 0.5) is 4.39 Å². The van der Waals surface area contributed by atoms with Crippen LogP contribution in [0.25, 0.3) is 0 Å². The Hall–Kier alpha value is -1.67. The predicted octanol–water partition coefficient (Wildman–Crippen LogP) is 4.12. The van der Waals surface area contributed by atoms with Gasteiger partial charge in [0.25, 0.3) is 0 Å². The lowest BCUT2D eigenvalue weighted by Gasteiger charge is -2.26. The van der Waals surface area contributed by atoms with Gasteiger partial charge in [-0.25, -0.2) is 4.39 Å². The number of benzene rings is 2. The molecule has 1 aliphatic carbocycles. The SMILES string of the molecule is CNC(c1c(C)cc(C)cc1F)C1Cc2ccccc2C1. The molecule has 1 unspecified atom stereocenters. The third-order valence-electron chi connectivity index (χ3n) is 4.66. The molecule has 0 radical (unpaired) electrons. The Kier molecular flexibility index (Phi) is 3.81. The van der Waals surface area contributed by atoms with Gasteiger partial charge in [0.2, 0.25) is 0 Å². The Bertz CT molecular complexity index is 614. The highest BCUT2D eigenvalue weighted by molar-refractivity contribution is 5.38. The number of aryl methyl sites for hydroxylation is 2. The van der Waals surface area contributed by atoms with E-state index < -0.39 is 0 Å². The lowest BCUT2D eigenvalue weighted by molar-refractivity contribution is 0.382. The van der Waals surface area contributed by atoms with Crippen molar-refractivity contribution in [2.75, 3.05) is 7.05 Å². The lowest BCUT2D eigenvalue weighted by Crippen LogP contribution is -2.27. The first-order chi connectivity index (χ1) is 10.1. The molecule has 0 amide bonds. The summed E-state index contributed by atoms with van der Waals surface area (Å²) in [7, 11) is 1.94. The van der Waals surface area contributed by atoms with Gasteiger partial charge in [-0.05, 0) is 68.0 Å². The summed E-state index contributed by atoms with van der Waals surface area (Å²) in [6.45, 7) is 3.96. The van der Waals surface area contributed by atoms with Crippen LogP contribution in [0.3, 0.4) is 0 Å². The van der Waals surface area contributed by atoms with Crippen molar-refractivity contribution in [2.24, 2.45) is 5.92 Å². The van der Waals surface area contributed by atoms with Crippen LogP contribution in [-0.4, -0.2) is 7.05 Å². The van der Waals surface area contributed by atoms with Crippen molar-refractivity contribution in [3.05, 3.63) is 70.0 Å². The molecular formula is C19H22FN. The van der Waals surface area contributed by atoms with E-state index in [-0.39, 0.29) is 11.9 Å². The molecule has 0 saturated carbocycles. The molecule has 1 nitrogen and oxygen atoms in total. The molecule has 0 fully saturated rings. The summed E-state index contributed by atoms with van der Waals surface area (Å²) in [4.78, 5) is 0. The highest BCUT2D eigenvalue weighted by Gasteiger charge is 2.31. The van der Waals surface area contributed by atoms with Crippen LogP contribution in [0.2, 0.25) is 0 Å². The van der Waals surface area contributed by atoms with Gasteiger partial charge < -0.3 is 5.32 Å². The number of hydrogen-bond acceptors (Lipinski definition) is 1. The van der Waals surface area contributed by atoms with Gasteiger partial charge in [0.15, 0.2) is 0 Å². The van der Waals surface area contributed by atoms with Crippen molar-refractivity contribution in [1.82, 2.24) is 5.32 Å². The Morgan fingerprint density at radius 1 is 1.10 bits per heavy atom. The molecule has 2 aromatic rings. The zero-order chi connectivity index (χ0) is 15.0. The van der Waals surface area contributed by atoms with E-state index in [2.05, 4.69) is 35.6 Å². The number of hydrogen-bond donors (Lipinski definition) is 1. The third-order valence-corrected chi connectivity index (χ3v) is 4.66. The summed E-state index contributed by atoms with van der Waals surface area (Å²) >= 11 is 0. The van der Waals surface area contributed by atoms with Crippen molar-refractivity contribution < 1.29 is 4.39 Å². The molecule has 3 rings (SSSR count). The van der Waals surface area contributed by atoms with E-state index in [9.17, 15) is 4.39 Å². The number of fused-ring (bicyclic) bond motifs is 1. The Balaban J connectivity index is 1.94. The number of halogens is 1. The zero-order valence-electron chi connectivity index (χ0n) is 12.9. The van der Waals surface area contributed by atoms with Crippen molar-refractivity contribution in [3.8, 4) is 0 Å². The minimum absolute atomic E-state index is 0.0676. The minimum atomic E-state index is -0.0807. The van der Waals surface area contributed by atoms with Crippen LogP contribution in [0.15, 0.2) is 36.4 Å². The van der Waals surface area contributed by atoms with Gasteiger partial charge in [0.1, 0.15) is 5.82 Å². The van der Waals surface area contributed by atoms with Crippen molar-refractivity contribution in [1.29, 1.82) is 0 Å². The molecule has 0 aromatic heterocycles. The second-order valence-electron chi connectivity index (χ2n) is 6.18. The first-order valence-electron chi connectivity index (χ1n) is 7.61. The predicted molar refractivity (Wildman–Crippen MR) is 85.0 cm³/mol. The first-order valence-corrected chi connectivity index (χ1v) is 7.61. The van der Waals surface area contributed by atoms with E-state index in [1.807, 2.05) is 20.9 Å². The van der Waals surface area contributed by atoms with Gasteiger partial charge >= 0.3 is 0 Å². The van der Waals surface area contributed by atoms with Gasteiger partial charge in [-0.2, -0.15) is 0 Å². The molecule has 1 aliphatic rings. The van der Waals surface area contributed by atoms with Gasteiger partial charge in [0, 0.05) is 11.6 Å². The average molecular weight is 283 g/mol. The van der Waals surface area contributed by atoms with Crippen molar-refractivity contribution in [2.45, 2.75) is 32.7 Å². The maximum Gasteiger partial charge on any atom is 0.128 e. The molecule has 0 saturated heterocycles. The highest BCUT2D eigenvalue weighted by Crippen LogP contribution is 2.37. The van der Waals surface area contributed by atoms with Crippen molar-refractivity contribution >= 4 is 0 Å². The number of nitrogens with one attached hydrogen (secondary N) is 1. The Morgan fingerprint density at radius 2 is 1.71 bits per heavy atom. The molecule has 0 bridgehead atoms. The number of rotatable bonds is 3.